The van der Waals surface area contributed by atoms with Crippen molar-refractivity contribution in [3.63, 3.8) is 0 Å². The van der Waals surface area contributed by atoms with Gasteiger partial charge >= 0.3 is 11.8 Å². The molecule has 1 saturated heterocycles. The molecular weight excluding hydrogens is 288 g/mol. The standard InChI is InChI=1S/C19H30N2O2/c1-2-16-5-3-4-6-21(16)18(23)17(22)20-19-10-13-7-14(11-19)9-15(8-13)12-19/h13-16H,2-12H2,1H3,(H,20,22). The van der Waals surface area contributed by atoms with E-state index in [2.05, 4.69) is 12.2 Å². The molecule has 0 aromatic carbocycles. The predicted octanol–water partition coefficient (Wildman–Crippen LogP) is 2.86. The van der Waals surface area contributed by atoms with E-state index in [1.54, 1.807) is 0 Å². The van der Waals surface area contributed by atoms with Crippen molar-refractivity contribution in [2.45, 2.75) is 82.7 Å². The minimum absolute atomic E-state index is 0.0566. The van der Waals surface area contributed by atoms with E-state index in [1.165, 1.54) is 25.7 Å². The zero-order valence-corrected chi connectivity index (χ0v) is 14.4. The second-order valence-corrected chi connectivity index (χ2v) is 8.71. The van der Waals surface area contributed by atoms with Gasteiger partial charge in [-0.3, -0.25) is 9.59 Å². The number of carbonyl (C=O) groups excluding carboxylic acids is 2. The summed E-state index contributed by atoms with van der Waals surface area (Å²) in [5.41, 5.74) is -0.0566. The Bertz CT molecular complexity index is 466. The lowest BCUT2D eigenvalue weighted by Crippen LogP contribution is -2.62. The highest BCUT2D eigenvalue weighted by Gasteiger charge is 2.52. The number of hydrogen-bond acceptors (Lipinski definition) is 2. The van der Waals surface area contributed by atoms with Gasteiger partial charge in [0.05, 0.1) is 0 Å². The molecule has 4 bridgehead atoms. The summed E-state index contributed by atoms with van der Waals surface area (Å²) in [5.74, 6) is 1.76. The molecule has 1 atom stereocenters. The average molecular weight is 318 g/mol. The SMILES string of the molecule is CCC1CCCCN1C(=O)C(=O)NC12CC3CC(CC(C3)C1)C2. The van der Waals surface area contributed by atoms with Crippen molar-refractivity contribution >= 4 is 11.8 Å². The van der Waals surface area contributed by atoms with Crippen LogP contribution in [0.25, 0.3) is 0 Å². The molecule has 5 fully saturated rings. The lowest BCUT2D eigenvalue weighted by atomic mass is 9.53. The third-order valence-corrected chi connectivity index (χ3v) is 6.97. The molecule has 4 heteroatoms. The monoisotopic (exact) mass is 318 g/mol. The summed E-state index contributed by atoms with van der Waals surface area (Å²) in [7, 11) is 0. The van der Waals surface area contributed by atoms with Gasteiger partial charge < -0.3 is 10.2 Å². The average Bonchev–Trinajstić information content (AvgIpc) is 2.52. The van der Waals surface area contributed by atoms with Crippen LogP contribution < -0.4 is 5.32 Å². The third kappa shape index (κ3) is 2.78. The minimum Gasteiger partial charge on any atom is -0.342 e. The second kappa shape index (κ2) is 5.78. The van der Waals surface area contributed by atoms with Crippen LogP contribution in [0.1, 0.15) is 71.1 Å². The van der Waals surface area contributed by atoms with Gasteiger partial charge in [-0.1, -0.05) is 6.92 Å². The van der Waals surface area contributed by atoms with Gasteiger partial charge in [-0.15, -0.1) is 0 Å². The zero-order valence-electron chi connectivity index (χ0n) is 14.4. The van der Waals surface area contributed by atoms with Crippen molar-refractivity contribution in [1.82, 2.24) is 10.2 Å². The van der Waals surface area contributed by atoms with Crippen molar-refractivity contribution in [3.8, 4) is 0 Å². The number of likely N-dealkylation sites (tertiary alicyclic amines) is 1. The van der Waals surface area contributed by atoms with Gasteiger partial charge in [-0.2, -0.15) is 0 Å². The Morgan fingerprint density at radius 3 is 2.22 bits per heavy atom. The van der Waals surface area contributed by atoms with E-state index in [1.807, 2.05) is 4.90 Å². The summed E-state index contributed by atoms with van der Waals surface area (Å²) < 4.78 is 0. The van der Waals surface area contributed by atoms with Crippen LogP contribution >= 0.6 is 0 Å². The summed E-state index contributed by atoms with van der Waals surface area (Å²) in [5, 5.41) is 3.24. The molecule has 0 radical (unpaired) electrons. The van der Waals surface area contributed by atoms with Crippen molar-refractivity contribution in [3.05, 3.63) is 0 Å². The molecule has 4 aliphatic carbocycles. The highest BCUT2D eigenvalue weighted by molar-refractivity contribution is 6.35. The summed E-state index contributed by atoms with van der Waals surface area (Å²) in [4.78, 5) is 27.2. The first-order chi connectivity index (χ1) is 11.1. The molecule has 5 rings (SSSR count). The van der Waals surface area contributed by atoms with E-state index in [0.717, 1.165) is 62.8 Å². The van der Waals surface area contributed by atoms with E-state index in [0.29, 0.717) is 0 Å². The maximum absolute atomic E-state index is 12.7. The number of amides is 2. The molecule has 0 aromatic heterocycles. The molecule has 2 amide bonds. The number of nitrogens with one attached hydrogen (secondary N) is 1. The first-order valence-electron chi connectivity index (χ1n) is 9.71. The van der Waals surface area contributed by atoms with Crippen molar-refractivity contribution in [1.29, 1.82) is 0 Å². The minimum atomic E-state index is -0.327. The van der Waals surface area contributed by atoms with Crippen LogP contribution in [-0.4, -0.2) is 34.8 Å². The van der Waals surface area contributed by atoms with Crippen LogP contribution in [0, 0.1) is 17.8 Å². The highest BCUT2D eigenvalue weighted by Crippen LogP contribution is 2.55. The van der Waals surface area contributed by atoms with Gasteiger partial charge in [-0.05, 0) is 82.0 Å². The molecule has 0 aromatic rings. The lowest BCUT2D eigenvalue weighted by Gasteiger charge is -2.56. The smallest absolute Gasteiger partial charge is 0.312 e. The Morgan fingerprint density at radius 2 is 1.65 bits per heavy atom. The molecule has 4 nitrogen and oxygen atoms in total. The summed E-state index contributed by atoms with van der Waals surface area (Å²) in [6, 6.07) is 0.262. The van der Waals surface area contributed by atoms with Crippen LogP contribution in [0.2, 0.25) is 0 Å². The Hall–Kier alpha value is -1.06. The summed E-state index contributed by atoms with van der Waals surface area (Å²) in [6.45, 7) is 2.87. The first kappa shape index (κ1) is 15.5. The number of rotatable bonds is 2. The summed E-state index contributed by atoms with van der Waals surface area (Å²) >= 11 is 0. The van der Waals surface area contributed by atoms with E-state index in [4.69, 9.17) is 0 Å². The third-order valence-electron chi connectivity index (χ3n) is 6.97. The molecule has 128 valence electrons. The van der Waals surface area contributed by atoms with Gasteiger partial charge in [0.2, 0.25) is 0 Å². The Kier molecular flexibility index (Phi) is 3.89. The van der Waals surface area contributed by atoms with Crippen LogP contribution in [0.4, 0.5) is 0 Å². The number of nitrogens with zero attached hydrogens (tertiary/aromatic N) is 1. The van der Waals surface area contributed by atoms with E-state index >= 15 is 0 Å². The topological polar surface area (TPSA) is 49.4 Å². The fourth-order valence-electron chi connectivity index (χ4n) is 6.38. The maximum Gasteiger partial charge on any atom is 0.312 e. The largest absolute Gasteiger partial charge is 0.342 e. The highest BCUT2D eigenvalue weighted by atomic mass is 16.2. The molecule has 1 aliphatic heterocycles. The van der Waals surface area contributed by atoms with Crippen LogP contribution in [0.3, 0.4) is 0 Å². The molecule has 4 saturated carbocycles. The molecule has 23 heavy (non-hydrogen) atoms. The fourth-order valence-corrected chi connectivity index (χ4v) is 6.38. The van der Waals surface area contributed by atoms with Crippen LogP contribution in [-0.2, 0) is 9.59 Å². The van der Waals surface area contributed by atoms with Gasteiger partial charge in [0.1, 0.15) is 0 Å². The molecule has 5 aliphatic rings. The zero-order chi connectivity index (χ0) is 16.0. The fraction of sp³-hybridized carbons (Fsp3) is 0.895. The van der Waals surface area contributed by atoms with Crippen LogP contribution in [0.15, 0.2) is 0 Å². The predicted molar refractivity (Wildman–Crippen MR) is 88.7 cm³/mol. The van der Waals surface area contributed by atoms with Crippen molar-refractivity contribution in [2.24, 2.45) is 17.8 Å². The van der Waals surface area contributed by atoms with Crippen molar-refractivity contribution < 1.29 is 9.59 Å². The Morgan fingerprint density at radius 1 is 1.04 bits per heavy atom. The van der Waals surface area contributed by atoms with Crippen LogP contribution in [0.5, 0.6) is 0 Å². The molecule has 0 spiro atoms. The van der Waals surface area contributed by atoms with Crippen molar-refractivity contribution in [2.75, 3.05) is 6.54 Å². The molecule has 1 unspecified atom stereocenters. The van der Waals surface area contributed by atoms with Gasteiger partial charge in [0, 0.05) is 18.1 Å². The van der Waals surface area contributed by atoms with Gasteiger partial charge in [0.25, 0.3) is 0 Å². The van der Waals surface area contributed by atoms with E-state index < -0.39 is 0 Å². The van der Waals surface area contributed by atoms with E-state index in [9.17, 15) is 9.59 Å². The number of piperidine rings is 1. The maximum atomic E-state index is 12.7. The Balaban J connectivity index is 1.44. The van der Waals surface area contributed by atoms with E-state index in [-0.39, 0.29) is 23.4 Å². The molecule has 1 N–H and O–H groups in total. The number of hydrogen-bond donors (Lipinski definition) is 1. The lowest BCUT2D eigenvalue weighted by molar-refractivity contribution is -0.151. The Labute approximate surface area is 139 Å². The summed E-state index contributed by atoms with van der Waals surface area (Å²) in [6.07, 6.45) is 11.6. The first-order valence-corrected chi connectivity index (χ1v) is 9.71. The second-order valence-electron chi connectivity index (χ2n) is 8.71. The quantitative estimate of drug-likeness (QED) is 0.796. The number of carbonyl (C=O) groups is 2. The molecule has 1 heterocycles. The normalized spacial score (nSPS) is 41.9. The van der Waals surface area contributed by atoms with Gasteiger partial charge in [-0.25, -0.2) is 0 Å². The molecular formula is C19H30N2O2. The van der Waals surface area contributed by atoms with Gasteiger partial charge in [0.15, 0.2) is 0 Å².